The Labute approximate surface area is 123 Å². The van der Waals surface area contributed by atoms with Gasteiger partial charge in [0.05, 0.1) is 0 Å². The fourth-order valence-corrected chi connectivity index (χ4v) is 2.84. The molecule has 0 aliphatic heterocycles. The summed E-state index contributed by atoms with van der Waals surface area (Å²) >= 11 is 0. The van der Waals surface area contributed by atoms with E-state index < -0.39 is 0 Å². The molecule has 0 saturated heterocycles. The molecule has 0 aromatic heterocycles. The molecule has 0 amide bonds. The summed E-state index contributed by atoms with van der Waals surface area (Å²) in [6.07, 6.45) is 1.10. The van der Waals surface area contributed by atoms with E-state index in [1.807, 2.05) is 0 Å². The average molecular weight is 267 g/mol. The molecule has 1 unspecified atom stereocenters. The number of aryl methyl sites for hydroxylation is 1. The highest BCUT2D eigenvalue weighted by atomic mass is 14.9. The zero-order valence-electron chi connectivity index (χ0n) is 13.0. The zero-order chi connectivity index (χ0) is 14.6. The van der Waals surface area contributed by atoms with Crippen LogP contribution < -0.4 is 5.32 Å². The first kappa shape index (κ1) is 14.6. The van der Waals surface area contributed by atoms with Crippen molar-refractivity contribution in [1.82, 2.24) is 0 Å². The lowest BCUT2D eigenvalue weighted by Crippen LogP contribution is -2.27. The van der Waals surface area contributed by atoms with Crippen molar-refractivity contribution in [3.8, 4) is 0 Å². The highest BCUT2D eigenvalue weighted by Gasteiger charge is 2.23. The van der Waals surface area contributed by atoms with Crippen LogP contribution in [0.5, 0.6) is 0 Å². The van der Waals surface area contributed by atoms with Crippen LogP contribution in [-0.2, 0) is 5.41 Å². The van der Waals surface area contributed by atoms with Crippen molar-refractivity contribution in [3.63, 3.8) is 0 Å². The van der Waals surface area contributed by atoms with E-state index in [0.717, 1.165) is 6.42 Å². The third-order valence-electron chi connectivity index (χ3n) is 3.80. The molecule has 0 bridgehead atoms. The van der Waals surface area contributed by atoms with Crippen molar-refractivity contribution in [2.45, 2.75) is 45.6 Å². The van der Waals surface area contributed by atoms with E-state index in [4.69, 9.17) is 0 Å². The Bertz CT molecular complexity index is 543. The van der Waals surface area contributed by atoms with Gasteiger partial charge in [0.15, 0.2) is 0 Å². The highest BCUT2D eigenvalue weighted by molar-refractivity contribution is 5.46. The van der Waals surface area contributed by atoms with Gasteiger partial charge < -0.3 is 5.32 Å². The van der Waals surface area contributed by atoms with E-state index in [9.17, 15) is 0 Å². The second-order valence-corrected chi connectivity index (χ2v) is 6.37. The molecule has 0 fully saturated rings. The summed E-state index contributed by atoms with van der Waals surface area (Å²) in [6.45, 7) is 9.02. The molecule has 2 rings (SSSR count). The van der Waals surface area contributed by atoms with Gasteiger partial charge in [-0.05, 0) is 48.9 Å². The first-order valence-corrected chi connectivity index (χ1v) is 7.36. The van der Waals surface area contributed by atoms with Crippen molar-refractivity contribution in [2.75, 3.05) is 5.32 Å². The summed E-state index contributed by atoms with van der Waals surface area (Å²) in [6, 6.07) is 19.8. The Morgan fingerprint density at radius 3 is 2.35 bits per heavy atom. The van der Waals surface area contributed by atoms with Gasteiger partial charge in [-0.15, -0.1) is 0 Å². The number of anilines is 1. The van der Waals surface area contributed by atoms with E-state index >= 15 is 0 Å². The molecule has 20 heavy (non-hydrogen) atoms. The molecule has 0 spiro atoms. The highest BCUT2D eigenvalue weighted by Crippen LogP contribution is 2.29. The van der Waals surface area contributed by atoms with Crippen LogP contribution in [0.1, 0.15) is 38.3 Å². The van der Waals surface area contributed by atoms with Crippen LogP contribution in [-0.4, -0.2) is 6.04 Å². The average Bonchev–Trinajstić information content (AvgIpc) is 2.39. The Hall–Kier alpha value is -1.76. The van der Waals surface area contributed by atoms with Gasteiger partial charge in [0.2, 0.25) is 0 Å². The van der Waals surface area contributed by atoms with Gasteiger partial charge >= 0.3 is 0 Å². The van der Waals surface area contributed by atoms with Crippen molar-refractivity contribution in [1.29, 1.82) is 0 Å². The van der Waals surface area contributed by atoms with E-state index in [0.29, 0.717) is 6.04 Å². The molecule has 2 aromatic carbocycles. The van der Waals surface area contributed by atoms with Gasteiger partial charge in [-0.25, -0.2) is 0 Å². The Balaban J connectivity index is 2.02. The largest absolute Gasteiger partial charge is 0.383 e. The second kappa shape index (κ2) is 6.13. The number of hydrogen-bond donors (Lipinski definition) is 1. The third-order valence-corrected chi connectivity index (χ3v) is 3.80. The lowest BCUT2D eigenvalue weighted by Gasteiger charge is -2.29. The summed E-state index contributed by atoms with van der Waals surface area (Å²) in [5, 5.41) is 3.61. The van der Waals surface area contributed by atoms with E-state index in [-0.39, 0.29) is 5.41 Å². The molecule has 1 heteroatoms. The van der Waals surface area contributed by atoms with Gasteiger partial charge in [-0.1, -0.05) is 56.3 Å². The van der Waals surface area contributed by atoms with Crippen LogP contribution in [0.25, 0.3) is 0 Å². The molecular formula is C19H25N. The van der Waals surface area contributed by atoms with Gasteiger partial charge in [-0.2, -0.15) is 0 Å². The standard InChI is InChI=1S/C19H25N/c1-15-9-8-12-18(13-15)20-16(2)14-19(3,4)17-10-6-5-7-11-17/h5-13,16,20H,14H2,1-4H3. The number of rotatable bonds is 5. The molecule has 1 atom stereocenters. The minimum absolute atomic E-state index is 0.178. The third kappa shape index (κ3) is 3.86. The van der Waals surface area contributed by atoms with Gasteiger partial charge in [0, 0.05) is 11.7 Å². The van der Waals surface area contributed by atoms with Crippen molar-refractivity contribution in [2.24, 2.45) is 0 Å². The van der Waals surface area contributed by atoms with Crippen molar-refractivity contribution in [3.05, 3.63) is 65.7 Å². The Kier molecular flexibility index (Phi) is 4.49. The molecule has 0 radical (unpaired) electrons. The smallest absolute Gasteiger partial charge is 0.0344 e. The van der Waals surface area contributed by atoms with Crippen LogP contribution in [0, 0.1) is 6.92 Å². The zero-order valence-corrected chi connectivity index (χ0v) is 13.0. The predicted molar refractivity (Wildman–Crippen MR) is 88.3 cm³/mol. The second-order valence-electron chi connectivity index (χ2n) is 6.37. The van der Waals surface area contributed by atoms with Gasteiger partial charge in [-0.3, -0.25) is 0 Å². The monoisotopic (exact) mass is 267 g/mol. The van der Waals surface area contributed by atoms with Crippen LogP contribution >= 0.6 is 0 Å². The van der Waals surface area contributed by atoms with E-state index in [1.54, 1.807) is 0 Å². The molecule has 1 nitrogen and oxygen atoms in total. The lowest BCUT2D eigenvalue weighted by atomic mass is 9.79. The topological polar surface area (TPSA) is 12.0 Å². The first-order chi connectivity index (χ1) is 9.47. The summed E-state index contributed by atoms with van der Waals surface area (Å²) < 4.78 is 0. The minimum Gasteiger partial charge on any atom is -0.383 e. The number of hydrogen-bond acceptors (Lipinski definition) is 1. The molecule has 2 aromatic rings. The van der Waals surface area contributed by atoms with Crippen molar-refractivity contribution >= 4 is 5.69 Å². The van der Waals surface area contributed by atoms with Crippen LogP contribution in [0.2, 0.25) is 0 Å². The summed E-state index contributed by atoms with van der Waals surface area (Å²) in [4.78, 5) is 0. The maximum absolute atomic E-state index is 3.61. The molecule has 0 saturated carbocycles. The van der Waals surface area contributed by atoms with Crippen LogP contribution in [0.3, 0.4) is 0 Å². The Morgan fingerprint density at radius 2 is 1.70 bits per heavy atom. The van der Waals surface area contributed by atoms with Gasteiger partial charge in [0.1, 0.15) is 0 Å². The molecule has 0 aliphatic carbocycles. The maximum atomic E-state index is 3.61. The quantitative estimate of drug-likeness (QED) is 0.788. The van der Waals surface area contributed by atoms with Crippen molar-refractivity contribution < 1.29 is 0 Å². The van der Waals surface area contributed by atoms with Crippen LogP contribution in [0.15, 0.2) is 54.6 Å². The minimum atomic E-state index is 0.178. The van der Waals surface area contributed by atoms with E-state index in [1.165, 1.54) is 16.8 Å². The number of nitrogens with one attached hydrogen (secondary N) is 1. The molecule has 0 heterocycles. The van der Waals surface area contributed by atoms with Gasteiger partial charge in [0.25, 0.3) is 0 Å². The number of benzene rings is 2. The fraction of sp³-hybridized carbons (Fsp3) is 0.368. The first-order valence-electron chi connectivity index (χ1n) is 7.36. The molecule has 106 valence electrons. The SMILES string of the molecule is Cc1cccc(NC(C)CC(C)(C)c2ccccc2)c1. The summed E-state index contributed by atoms with van der Waals surface area (Å²) in [5.74, 6) is 0. The fourth-order valence-electron chi connectivity index (χ4n) is 2.84. The summed E-state index contributed by atoms with van der Waals surface area (Å²) in [5.41, 5.74) is 4.08. The molecule has 0 aliphatic rings. The Morgan fingerprint density at radius 1 is 1.00 bits per heavy atom. The molecular weight excluding hydrogens is 242 g/mol. The molecule has 1 N–H and O–H groups in total. The normalized spacial score (nSPS) is 13.0. The van der Waals surface area contributed by atoms with Crippen LogP contribution in [0.4, 0.5) is 5.69 Å². The maximum Gasteiger partial charge on any atom is 0.0344 e. The predicted octanol–water partition coefficient (Wildman–Crippen LogP) is 5.16. The summed E-state index contributed by atoms with van der Waals surface area (Å²) in [7, 11) is 0. The lowest BCUT2D eigenvalue weighted by molar-refractivity contribution is 0.450. The van der Waals surface area contributed by atoms with E-state index in [2.05, 4.69) is 87.6 Å².